The molecule has 3 rings (SSSR count). The van der Waals surface area contributed by atoms with Crippen LogP contribution in [-0.4, -0.2) is 43.4 Å². The van der Waals surface area contributed by atoms with Crippen molar-refractivity contribution >= 4 is 40.9 Å². The summed E-state index contributed by atoms with van der Waals surface area (Å²) in [6, 6.07) is 12.7. The predicted molar refractivity (Wildman–Crippen MR) is 114 cm³/mol. The Bertz CT molecular complexity index is 971. The van der Waals surface area contributed by atoms with Gasteiger partial charge in [0.05, 0.1) is 18.1 Å². The lowest BCUT2D eigenvalue weighted by atomic mass is 10.1. The summed E-state index contributed by atoms with van der Waals surface area (Å²) in [6.07, 6.45) is 0.725. The molecule has 0 bridgehead atoms. The number of Topliss-reactive ketones (excluding diaryl/α,β-unsaturated/α-hetero) is 1. The van der Waals surface area contributed by atoms with Gasteiger partial charge in [-0.2, -0.15) is 0 Å². The van der Waals surface area contributed by atoms with E-state index in [-0.39, 0.29) is 24.7 Å². The highest BCUT2D eigenvalue weighted by Gasteiger charge is 2.36. The first-order chi connectivity index (χ1) is 14.9. The van der Waals surface area contributed by atoms with E-state index in [0.29, 0.717) is 28.4 Å². The molecule has 31 heavy (non-hydrogen) atoms. The minimum absolute atomic E-state index is 0.00569. The van der Waals surface area contributed by atoms with Crippen LogP contribution in [0.2, 0.25) is 5.02 Å². The number of carbonyl (C=O) groups is 4. The van der Waals surface area contributed by atoms with E-state index < -0.39 is 24.5 Å². The monoisotopic (exact) mass is 443 g/mol. The van der Waals surface area contributed by atoms with E-state index in [1.54, 1.807) is 48.5 Å². The molecule has 8 heteroatoms. The number of benzene rings is 2. The van der Waals surface area contributed by atoms with Gasteiger partial charge in [-0.1, -0.05) is 18.5 Å². The average Bonchev–Trinajstić information content (AvgIpc) is 3.17. The number of esters is 2. The third-order valence-corrected chi connectivity index (χ3v) is 5.07. The Kier molecular flexibility index (Phi) is 7.41. The molecule has 0 unspecified atom stereocenters. The molecule has 1 amide bonds. The van der Waals surface area contributed by atoms with Crippen molar-refractivity contribution in [1.82, 2.24) is 0 Å². The molecule has 1 atom stereocenters. The lowest BCUT2D eigenvalue weighted by Crippen LogP contribution is -2.27. The van der Waals surface area contributed by atoms with Gasteiger partial charge in [-0.15, -0.1) is 0 Å². The van der Waals surface area contributed by atoms with E-state index >= 15 is 0 Å². The van der Waals surface area contributed by atoms with Crippen LogP contribution in [0.15, 0.2) is 48.5 Å². The zero-order valence-corrected chi connectivity index (χ0v) is 17.8. The van der Waals surface area contributed by atoms with E-state index in [9.17, 15) is 19.2 Å². The van der Waals surface area contributed by atoms with Crippen molar-refractivity contribution in [2.45, 2.75) is 19.8 Å². The molecule has 0 spiro atoms. The molecule has 1 aliphatic rings. The van der Waals surface area contributed by atoms with Crippen LogP contribution in [0.1, 0.15) is 40.5 Å². The van der Waals surface area contributed by atoms with E-state index in [1.165, 1.54) is 4.90 Å². The van der Waals surface area contributed by atoms with Crippen molar-refractivity contribution < 1.29 is 28.7 Å². The number of ketones is 1. The number of nitrogens with zero attached hydrogens (tertiary/aromatic N) is 1. The van der Waals surface area contributed by atoms with Gasteiger partial charge in [0.25, 0.3) is 0 Å². The van der Waals surface area contributed by atoms with Crippen molar-refractivity contribution in [1.29, 1.82) is 0 Å². The Balaban J connectivity index is 1.55. The first-order valence-electron chi connectivity index (χ1n) is 9.92. The summed E-state index contributed by atoms with van der Waals surface area (Å²) in [6.45, 7) is 1.99. The number of rotatable bonds is 8. The Morgan fingerprint density at radius 1 is 1.00 bits per heavy atom. The maximum Gasteiger partial charge on any atom is 0.338 e. The van der Waals surface area contributed by atoms with Gasteiger partial charge in [-0.05, 0) is 55.0 Å². The van der Waals surface area contributed by atoms with Crippen molar-refractivity contribution in [3.8, 4) is 0 Å². The van der Waals surface area contributed by atoms with Crippen molar-refractivity contribution in [3.63, 3.8) is 0 Å². The standard InChI is InChI=1S/C23H22ClNO6/c1-2-11-30-22(28)16-5-9-19(10-6-16)25-13-17(12-21(25)27)23(29)31-14-20(26)15-3-7-18(24)8-4-15/h3-10,17H,2,11-14H2,1H3/t17-/m0/s1. The molecule has 0 aromatic heterocycles. The molecule has 0 N–H and O–H groups in total. The van der Waals surface area contributed by atoms with E-state index in [1.807, 2.05) is 6.92 Å². The van der Waals surface area contributed by atoms with Crippen LogP contribution in [0.5, 0.6) is 0 Å². The average molecular weight is 444 g/mol. The van der Waals surface area contributed by atoms with Gasteiger partial charge >= 0.3 is 11.9 Å². The Hall–Kier alpha value is -3.19. The fraction of sp³-hybridized carbons (Fsp3) is 0.304. The maximum atomic E-state index is 12.4. The van der Waals surface area contributed by atoms with Crippen LogP contribution in [-0.2, 0) is 19.1 Å². The highest BCUT2D eigenvalue weighted by atomic mass is 35.5. The van der Waals surface area contributed by atoms with Gasteiger partial charge in [-0.25, -0.2) is 4.79 Å². The van der Waals surface area contributed by atoms with E-state index in [4.69, 9.17) is 21.1 Å². The number of anilines is 1. The zero-order chi connectivity index (χ0) is 22.4. The fourth-order valence-electron chi connectivity index (χ4n) is 3.14. The van der Waals surface area contributed by atoms with Gasteiger partial charge in [0.2, 0.25) is 5.91 Å². The summed E-state index contributed by atoms with van der Waals surface area (Å²) in [5.41, 5.74) is 1.35. The Labute approximate surface area is 184 Å². The summed E-state index contributed by atoms with van der Waals surface area (Å²) in [5, 5.41) is 0.504. The summed E-state index contributed by atoms with van der Waals surface area (Å²) in [5.74, 6) is -2.27. The Morgan fingerprint density at radius 3 is 2.29 bits per heavy atom. The first kappa shape index (κ1) is 22.5. The Morgan fingerprint density at radius 2 is 1.65 bits per heavy atom. The topological polar surface area (TPSA) is 90.0 Å². The van der Waals surface area contributed by atoms with Gasteiger partial charge in [0.15, 0.2) is 12.4 Å². The maximum absolute atomic E-state index is 12.4. The second-order valence-electron chi connectivity index (χ2n) is 7.13. The van der Waals surface area contributed by atoms with Crippen LogP contribution in [0, 0.1) is 5.92 Å². The molecule has 0 aliphatic carbocycles. The lowest BCUT2D eigenvalue weighted by Gasteiger charge is -2.17. The van der Waals surface area contributed by atoms with E-state index in [0.717, 1.165) is 6.42 Å². The molecule has 0 radical (unpaired) electrons. The molecule has 1 saturated heterocycles. The minimum Gasteiger partial charge on any atom is -0.462 e. The molecule has 1 fully saturated rings. The molecular weight excluding hydrogens is 422 g/mol. The molecule has 0 saturated carbocycles. The minimum atomic E-state index is -0.667. The smallest absolute Gasteiger partial charge is 0.338 e. The van der Waals surface area contributed by atoms with Crippen molar-refractivity contribution in [2.24, 2.45) is 5.92 Å². The van der Waals surface area contributed by atoms with Crippen LogP contribution in [0.3, 0.4) is 0 Å². The molecule has 162 valence electrons. The van der Waals surface area contributed by atoms with E-state index in [2.05, 4.69) is 0 Å². The first-order valence-corrected chi connectivity index (χ1v) is 10.3. The molecule has 1 aliphatic heterocycles. The highest BCUT2D eigenvalue weighted by Crippen LogP contribution is 2.26. The van der Waals surface area contributed by atoms with Crippen LogP contribution >= 0.6 is 11.6 Å². The molecule has 7 nitrogen and oxygen atoms in total. The largest absolute Gasteiger partial charge is 0.462 e. The zero-order valence-electron chi connectivity index (χ0n) is 17.0. The number of amides is 1. The molecule has 2 aromatic rings. The van der Waals surface area contributed by atoms with Crippen molar-refractivity contribution in [3.05, 3.63) is 64.7 Å². The molecule has 1 heterocycles. The summed E-state index contributed by atoms with van der Waals surface area (Å²) >= 11 is 5.80. The fourth-order valence-corrected chi connectivity index (χ4v) is 3.27. The number of hydrogen-bond acceptors (Lipinski definition) is 6. The second kappa shape index (κ2) is 10.2. The SMILES string of the molecule is CCCOC(=O)c1ccc(N2C[C@@H](C(=O)OCC(=O)c3ccc(Cl)cc3)CC2=O)cc1. The number of ether oxygens (including phenoxy) is 2. The molecule has 2 aromatic carbocycles. The van der Waals surface area contributed by atoms with Gasteiger partial charge in [0.1, 0.15) is 0 Å². The summed E-state index contributed by atoms with van der Waals surface area (Å²) in [7, 11) is 0. The number of carbonyl (C=O) groups excluding carboxylic acids is 4. The summed E-state index contributed by atoms with van der Waals surface area (Å²) < 4.78 is 10.2. The quantitative estimate of drug-likeness (QED) is 0.456. The second-order valence-corrected chi connectivity index (χ2v) is 7.56. The van der Waals surface area contributed by atoms with Crippen molar-refractivity contribution in [2.75, 3.05) is 24.7 Å². The lowest BCUT2D eigenvalue weighted by molar-refractivity contribution is -0.147. The van der Waals surface area contributed by atoms with Gasteiger partial charge in [0, 0.05) is 29.2 Å². The van der Waals surface area contributed by atoms with Gasteiger partial charge in [-0.3, -0.25) is 14.4 Å². The van der Waals surface area contributed by atoms with Gasteiger partial charge < -0.3 is 14.4 Å². The summed E-state index contributed by atoms with van der Waals surface area (Å²) in [4.78, 5) is 50.3. The van der Waals surface area contributed by atoms with Crippen LogP contribution in [0.4, 0.5) is 5.69 Å². The van der Waals surface area contributed by atoms with Crippen LogP contribution < -0.4 is 4.90 Å². The third-order valence-electron chi connectivity index (χ3n) is 4.82. The third kappa shape index (κ3) is 5.70. The number of hydrogen-bond donors (Lipinski definition) is 0. The highest BCUT2D eigenvalue weighted by molar-refractivity contribution is 6.30. The normalized spacial score (nSPS) is 15.6. The number of halogens is 1. The molecular formula is C23H22ClNO6. The predicted octanol–water partition coefficient (Wildman–Crippen LogP) is 3.69. The van der Waals surface area contributed by atoms with Crippen LogP contribution in [0.25, 0.3) is 0 Å².